The quantitative estimate of drug-likeness (QED) is 0.811. The molecular weight excluding hydrogens is 272 g/mol. The largest absolute Gasteiger partial charge is 0.480 e. The van der Waals surface area contributed by atoms with Gasteiger partial charge in [0.05, 0.1) is 0 Å². The number of piperazine rings is 1. The summed E-state index contributed by atoms with van der Waals surface area (Å²) in [5.41, 5.74) is 0.0943. The number of aliphatic carboxylic acids is 1. The predicted molar refractivity (Wildman–Crippen MR) is 78.1 cm³/mol. The van der Waals surface area contributed by atoms with Crippen LogP contribution in [0.3, 0.4) is 0 Å². The molecular formula is C15H26N2O4. The summed E-state index contributed by atoms with van der Waals surface area (Å²) < 4.78 is 5.67. The minimum Gasteiger partial charge on any atom is -0.480 e. The number of ether oxygens (including phenoxy) is 1. The number of amides is 1. The van der Waals surface area contributed by atoms with Crippen molar-refractivity contribution >= 4 is 12.1 Å². The lowest BCUT2D eigenvalue weighted by molar-refractivity contribution is -0.143. The molecule has 0 aromatic carbocycles. The summed E-state index contributed by atoms with van der Waals surface area (Å²) in [4.78, 5) is 24.9. The molecule has 21 heavy (non-hydrogen) atoms. The molecule has 6 heteroatoms. The number of rotatable bonds is 2. The highest BCUT2D eigenvalue weighted by atomic mass is 16.6. The standard InChI is InChI=1S/C15H26N2O4/c1-15(2,3)10-5-4-6-12(10)21-14(20)17-8-7-16-9-11(17)13(18)19/h10-12,16H,4-9H2,1-3H3,(H,18,19)/t10?,11-,12?/m1/s1. The number of hydrogen-bond donors (Lipinski definition) is 2. The normalized spacial score (nSPS) is 30.2. The van der Waals surface area contributed by atoms with Gasteiger partial charge < -0.3 is 15.2 Å². The zero-order chi connectivity index (χ0) is 15.6. The van der Waals surface area contributed by atoms with Gasteiger partial charge in [-0.1, -0.05) is 20.8 Å². The second-order valence-corrected chi connectivity index (χ2v) is 7.08. The van der Waals surface area contributed by atoms with Crippen LogP contribution < -0.4 is 5.32 Å². The third-order valence-electron chi connectivity index (χ3n) is 4.58. The monoisotopic (exact) mass is 298 g/mol. The predicted octanol–water partition coefficient (Wildman–Crippen LogP) is 1.70. The van der Waals surface area contributed by atoms with Gasteiger partial charge in [-0.2, -0.15) is 0 Å². The molecule has 2 rings (SSSR count). The number of nitrogens with one attached hydrogen (secondary N) is 1. The number of carboxylic acids is 1. The molecule has 0 spiro atoms. The van der Waals surface area contributed by atoms with Crippen molar-refractivity contribution in [2.24, 2.45) is 11.3 Å². The van der Waals surface area contributed by atoms with Crippen LogP contribution in [0.5, 0.6) is 0 Å². The van der Waals surface area contributed by atoms with Gasteiger partial charge >= 0.3 is 12.1 Å². The number of carbonyl (C=O) groups is 2. The molecule has 1 aliphatic heterocycles. The molecule has 1 heterocycles. The first-order chi connectivity index (χ1) is 9.80. The van der Waals surface area contributed by atoms with Crippen molar-refractivity contribution in [3.8, 4) is 0 Å². The van der Waals surface area contributed by atoms with Gasteiger partial charge in [-0.05, 0) is 24.7 Å². The average Bonchev–Trinajstić information content (AvgIpc) is 2.86. The van der Waals surface area contributed by atoms with Crippen LogP contribution in [0.1, 0.15) is 40.0 Å². The Balaban J connectivity index is 2.01. The van der Waals surface area contributed by atoms with E-state index in [0.29, 0.717) is 19.0 Å². The van der Waals surface area contributed by atoms with Crippen LogP contribution in [0.15, 0.2) is 0 Å². The average molecular weight is 298 g/mol. The van der Waals surface area contributed by atoms with Crippen molar-refractivity contribution in [1.82, 2.24) is 10.2 Å². The van der Waals surface area contributed by atoms with E-state index < -0.39 is 18.1 Å². The summed E-state index contributed by atoms with van der Waals surface area (Å²) in [6.45, 7) is 7.74. The van der Waals surface area contributed by atoms with Crippen LogP contribution in [-0.4, -0.2) is 53.8 Å². The summed E-state index contributed by atoms with van der Waals surface area (Å²) in [5, 5.41) is 12.2. The molecule has 2 fully saturated rings. The molecule has 6 nitrogen and oxygen atoms in total. The van der Waals surface area contributed by atoms with E-state index >= 15 is 0 Å². The number of hydrogen-bond acceptors (Lipinski definition) is 4. The molecule has 0 radical (unpaired) electrons. The van der Waals surface area contributed by atoms with Gasteiger partial charge in [0.2, 0.25) is 0 Å². The summed E-state index contributed by atoms with van der Waals surface area (Å²) >= 11 is 0. The first-order valence-corrected chi connectivity index (χ1v) is 7.71. The lowest BCUT2D eigenvalue weighted by atomic mass is 9.78. The summed E-state index contributed by atoms with van der Waals surface area (Å²) in [6, 6.07) is -0.833. The van der Waals surface area contributed by atoms with Gasteiger partial charge in [0.25, 0.3) is 0 Å². The minimum absolute atomic E-state index is 0.0943. The highest BCUT2D eigenvalue weighted by Gasteiger charge is 2.40. The molecule has 3 atom stereocenters. The first kappa shape index (κ1) is 16.1. The Kier molecular flexibility index (Phi) is 4.76. The first-order valence-electron chi connectivity index (χ1n) is 7.71. The van der Waals surface area contributed by atoms with E-state index in [0.717, 1.165) is 19.3 Å². The van der Waals surface area contributed by atoms with Crippen LogP contribution in [0.4, 0.5) is 4.79 Å². The molecule has 2 N–H and O–H groups in total. The lowest BCUT2D eigenvalue weighted by Gasteiger charge is -2.36. The zero-order valence-electron chi connectivity index (χ0n) is 13.1. The van der Waals surface area contributed by atoms with E-state index in [9.17, 15) is 14.7 Å². The summed E-state index contributed by atoms with van der Waals surface area (Å²) in [7, 11) is 0. The molecule has 120 valence electrons. The Labute approximate surface area is 125 Å². The van der Waals surface area contributed by atoms with Gasteiger partial charge in [0.1, 0.15) is 12.1 Å². The number of carboxylic acid groups (broad SMARTS) is 1. The molecule has 0 bridgehead atoms. The fourth-order valence-electron chi connectivity index (χ4n) is 3.40. The Hall–Kier alpha value is -1.30. The molecule has 0 aromatic heterocycles. The van der Waals surface area contributed by atoms with Gasteiger partial charge in [0, 0.05) is 25.6 Å². The van der Waals surface area contributed by atoms with E-state index in [4.69, 9.17) is 4.74 Å². The Morgan fingerprint density at radius 1 is 1.29 bits per heavy atom. The van der Waals surface area contributed by atoms with Crippen molar-refractivity contribution in [1.29, 1.82) is 0 Å². The number of nitrogens with zero attached hydrogens (tertiary/aromatic N) is 1. The maximum Gasteiger partial charge on any atom is 0.410 e. The second-order valence-electron chi connectivity index (χ2n) is 7.08. The van der Waals surface area contributed by atoms with Crippen molar-refractivity contribution in [2.75, 3.05) is 19.6 Å². The van der Waals surface area contributed by atoms with Gasteiger partial charge in [-0.3, -0.25) is 4.90 Å². The Morgan fingerprint density at radius 3 is 2.62 bits per heavy atom. The molecule has 1 amide bonds. The molecule has 1 aliphatic carbocycles. The van der Waals surface area contributed by atoms with Crippen LogP contribution in [0.25, 0.3) is 0 Å². The molecule has 0 aromatic rings. The molecule has 2 aliphatic rings. The topological polar surface area (TPSA) is 78.9 Å². The van der Waals surface area contributed by atoms with Crippen molar-refractivity contribution in [3.05, 3.63) is 0 Å². The van der Waals surface area contributed by atoms with Crippen molar-refractivity contribution in [3.63, 3.8) is 0 Å². The van der Waals surface area contributed by atoms with Crippen LogP contribution >= 0.6 is 0 Å². The van der Waals surface area contributed by atoms with Crippen LogP contribution in [0.2, 0.25) is 0 Å². The van der Waals surface area contributed by atoms with Gasteiger partial charge in [0.15, 0.2) is 0 Å². The second kappa shape index (κ2) is 6.22. The van der Waals surface area contributed by atoms with E-state index in [1.165, 1.54) is 4.90 Å². The lowest BCUT2D eigenvalue weighted by Crippen LogP contribution is -2.57. The van der Waals surface area contributed by atoms with E-state index in [2.05, 4.69) is 26.1 Å². The summed E-state index contributed by atoms with van der Waals surface area (Å²) in [5.74, 6) is -0.648. The van der Waals surface area contributed by atoms with Crippen molar-refractivity contribution in [2.45, 2.75) is 52.2 Å². The van der Waals surface area contributed by atoms with E-state index in [1.807, 2.05) is 0 Å². The fourth-order valence-corrected chi connectivity index (χ4v) is 3.40. The minimum atomic E-state index is -0.988. The highest BCUT2D eigenvalue weighted by Crippen LogP contribution is 2.41. The van der Waals surface area contributed by atoms with Gasteiger partial charge in [-0.25, -0.2) is 9.59 Å². The molecule has 1 saturated heterocycles. The van der Waals surface area contributed by atoms with Gasteiger partial charge in [-0.15, -0.1) is 0 Å². The molecule has 2 unspecified atom stereocenters. The third-order valence-corrected chi connectivity index (χ3v) is 4.58. The number of carbonyl (C=O) groups excluding carboxylic acids is 1. The van der Waals surface area contributed by atoms with Crippen LogP contribution in [0, 0.1) is 11.3 Å². The van der Waals surface area contributed by atoms with E-state index in [-0.39, 0.29) is 18.1 Å². The van der Waals surface area contributed by atoms with E-state index in [1.54, 1.807) is 0 Å². The zero-order valence-corrected chi connectivity index (χ0v) is 13.1. The summed E-state index contributed by atoms with van der Waals surface area (Å²) in [6.07, 6.45) is 2.42. The molecule has 1 saturated carbocycles. The van der Waals surface area contributed by atoms with Crippen molar-refractivity contribution < 1.29 is 19.4 Å². The third kappa shape index (κ3) is 3.67. The highest BCUT2D eigenvalue weighted by molar-refractivity contribution is 5.80. The Morgan fingerprint density at radius 2 is 2.00 bits per heavy atom. The smallest absolute Gasteiger partial charge is 0.410 e. The maximum absolute atomic E-state index is 12.4. The maximum atomic E-state index is 12.4. The SMILES string of the molecule is CC(C)(C)C1CCCC1OC(=O)N1CCNC[C@@H]1C(=O)O. The van der Waals surface area contributed by atoms with Crippen LogP contribution in [-0.2, 0) is 9.53 Å². The Bertz CT molecular complexity index is 405. The fraction of sp³-hybridized carbons (Fsp3) is 0.867.